The molecule has 0 saturated carbocycles. The predicted octanol–water partition coefficient (Wildman–Crippen LogP) is 2.86. The van der Waals surface area contributed by atoms with Crippen molar-refractivity contribution in [1.29, 1.82) is 0 Å². The molecule has 1 aliphatic heterocycles. The molecule has 1 aromatic rings. The second kappa shape index (κ2) is 3.97. The molecule has 0 amide bonds. The molecule has 1 saturated heterocycles. The van der Waals surface area contributed by atoms with E-state index in [9.17, 15) is 0 Å². The van der Waals surface area contributed by atoms with Crippen molar-refractivity contribution < 1.29 is 0 Å². The van der Waals surface area contributed by atoms with Gasteiger partial charge in [-0.15, -0.1) is 0 Å². The van der Waals surface area contributed by atoms with Gasteiger partial charge in [-0.1, -0.05) is 30.7 Å². The Bertz CT molecular complexity index is 339. The zero-order valence-corrected chi connectivity index (χ0v) is 9.21. The van der Waals surface area contributed by atoms with E-state index in [1.807, 2.05) is 0 Å². The van der Waals surface area contributed by atoms with Crippen LogP contribution in [0.15, 0.2) is 24.3 Å². The first-order chi connectivity index (χ1) is 7.45. The zero-order chi connectivity index (χ0) is 10.1. The Morgan fingerprint density at radius 3 is 2.87 bits per heavy atom. The minimum absolute atomic E-state index is 0.752. The van der Waals surface area contributed by atoms with Crippen molar-refractivity contribution in [3.8, 4) is 0 Å². The molecule has 2 atom stereocenters. The van der Waals surface area contributed by atoms with Crippen molar-refractivity contribution >= 4 is 0 Å². The average Bonchev–Trinajstić information content (AvgIpc) is 2.74. The van der Waals surface area contributed by atoms with Gasteiger partial charge in [0.25, 0.3) is 0 Å². The van der Waals surface area contributed by atoms with Gasteiger partial charge in [-0.3, -0.25) is 0 Å². The Hall–Kier alpha value is -0.820. The van der Waals surface area contributed by atoms with Crippen LogP contribution in [0.1, 0.15) is 42.7 Å². The second-order valence-corrected chi connectivity index (χ2v) is 4.90. The maximum Gasteiger partial charge on any atom is 0.0136 e. The zero-order valence-electron chi connectivity index (χ0n) is 9.21. The Morgan fingerprint density at radius 1 is 1.07 bits per heavy atom. The first kappa shape index (κ1) is 9.41. The third-order valence-corrected chi connectivity index (χ3v) is 4.01. The topological polar surface area (TPSA) is 12.0 Å². The lowest BCUT2D eigenvalue weighted by molar-refractivity contribution is 0.348. The molecule has 1 heteroatoms. The van der Waals surface area contributed by atoms with E-state index in [2.05, 4.69) is 29.6 Å². The van der Waals surface area contributed by atoms with E-state index in [0.29, 0.717) is 0 Å². The molecule has 2 aliphatic rings. The van der Waals surface area contributed by atoms with E-state index in [0.717, 1.165) is 12.0 Å². The molecule has 0 aromatic heterocycles. The summed E-state index contributed by atoms with van der Waals surface area (Å²) in [5, 5.41) is 3.70. The minimum Gasteiger partial charge on any atom is -0.313 e. The maximum atomic E-state index is 3.70. The van der Waals surface area contributed by atoms with Crippen LogP contribution in [0.4, 0.5) is 0 Å². The lowest BCUT2D eigenvalue weighted by Gasteiger charge is -2.29. The summed E-state index contributed by atoms with van der Waals surface area (Å²) in [5.74, 6) is 0.793. The number of hydrogen-bond acceptors (Lipinski definition) is 1. The lowest BCUT2D eigenvalue weighted by atomic mass is 9.88. The van der Waals surface area contributed by atoms with Crippen LogP contribution in [0, 0.1) is 0 Å². The molecule has 0 unspecified atom stereocenters. The summed E-state index contributed by atoms with van der Waals surface area (Å²) in [5.41, 5.74) is 3.21. The van der Waals surface area contributed by atoms with Crippen LogP contribution in [-0.2, 0) is 6.42 Å². The van der Waals surface area contributed by atoms with Gasteiger partial charge < -0.3 is 5.32 Å². The van der Waals surface area contributed by atoms with Crippen molar-refractivity contribution in [2.45, 2.75) is 44.1 Å². The van der Waals surface area contributed by atoms with Gasteiger partial charge in [-0.05, 0) is 49.3 Å². The second-order valence-electron chi connectivity index (χ2n) is 4.90. The number of aryl methyl sites for hydroxylation is 1. The van der Waals surface area contributed by atoms with Crippen molar-refractivity contribution in [3.63, 3.8) is 0 Å². The molecule has 3 rings (SSSR count). The Kier molecular flexibility index (Phi) is 2.49. The molecule has 1 aliphatic carbocycles. The summed E-state index contributed by atoms with van der Waals surface area (Å²) in [4.78, 5) is 0. The summed E-state index contributed by atoms with van der Waals surface area (Å²) in [6.07, 6.45) is 6.80. The van der Waals surface area contributed by atoms with Crippen LogP contribution in [0.3, 0.4) is 0 Å². The smallest absolute Gasteiger partial charge is 0.0136 e. The number of hydrogen-bond donors (Lipinski definition) is 1. The number of rotatable bonds is 1. The standard InChI is InChI=1S/C14H19N/c1-2-6-12-11(5-1)8-9-13(12)14-7-3-4-10-15-14/h1-2,5-6,13-15H,3-4,7-10H2/t13-,14+/m1/s1. The van der Waals surface area contributed by atoms with Gasteiger partial charge in [-0.25, -0.2) is 0 Å². The fraction of sp³-hybridized carbons (Fsp3) is 0.571. The molecule has 1 N–H and O–H groups in total. The Balaban J connectivity index is 1.83. The van der Waals surface area contributed by atoms with Gasteiger partial charge >= 0.3 is 0 Å². The lowest BCUT2D eigenvalue weighted by Crippen LogP contribution is -2.38. The van der Waals surface area contributed by atoms with Crippen LogP contribution in [0.25, 0.3) is 0 Å². The summed E-state index contributed by atoms with van der Waals surface area (Å²) in [6, 6.07) is 9.76. The van der Waals surface area contributed by atoms with E-state index < -0.39 is 0 Å². The van der Waals surface area contributed by atoms with Gasteiger partial charge in [-0.2, -0.15) is 0 Å². The van der Waals surface area contributed by atoms with Crippen LogP contribution in [0.2, 0.25) is 0 Å². The molecule has 0 radical (unpaired) electrons. The highest BCUT2D eigenvalue weighted by molar-refractivity contribution is 5.36. The molecular weight excluding hydrogens is 182 g/mol. The normalized spacial score (nSPS) is 30.1. The molecule has 0 spiro atoms. The highest BCUT2D eigenvalue weighted by Crippen LogP contribution is 2.37. The number of fused-ring (bicyclic) bond motifs is 1. The number of benzene rings is 1. The van der Waals surface area contributed by atoms with Crippen molar-refractivity contribution in [1.82, 2.24) is 5.32 Å². The summed E-state index contributed by atoms with van der Waals surface area (Å²) in [6.45, 7) is 1.23. The molecular formula is C14H19N. The predicted molar refractivity (Wildman–Crippen MR) is 63.1 cm³/mol. The minimum atomic E-state index is 0.752. The fourth-order valence-corrected chi connectivity index (χ4v) is 3.23. The molecule has 1 fully saturated rings. The summed E-state index contributed by atoms with van der Waals surface area (Å²) in [7, 11) is 0. The van der Waals surface area contributed by atoms with E-state index in [1.165, 1.54) is 38.6 Å². The van der Waals surface area contributed by atoms with Crippen LogP contribution in [0.5, 0.6) is 0 Å². The number of piperidine rings is 1. The molecule has 80 valence electrons. The van der Waals surface area contributed by atoms with E-state index in [4.69, 9.17) is 0 Å². The molecule has 1 aromatic carbocycles. The first-order valence-corrected chi connectivity index (χ1v) is 6.26. The molecule has 15 heavy (non-hydrogen) atoms. The van der Waals surface area contributed by atoms with Crippen molar-refractivity contribution in [3.05, 3.63) is 35.4 Å². The molecule has 0 bridgehead atoms. The van der Waals surface area contributed by atoms with Gasteiger partial charge in [0, 0.05) is 6.04 Å². The monoisotopic (exact) mass is 201 g/mol. The van der Waals surface area contributed by atoms with Crippen LogP contribution in [-0.4, -0.2) is 12.6 Å². The van der Waals surface area contributed by atoms with Crippen LogP contribution < -0.4 is 5.32 Å². The fourth-order valence-electron chi connectivity index (χ4n) is 3.23. The number of nitrogens with one attached hydrogen (secondary N) is 1. The molecule has 1 heterocycles. The van der Waals surface area contributed by atoms with Crippen molar-refractivity contribution in [2.75, 3.05) is 6.54 Å². The quantitative estimate of drug-likeness (QED) is 0.736. The van der Waals surface area contributed by atoms with Gasteiger partial charge in [0.2, 0.25) is 0 Å². The average molecular weight is 201 g/mol. The third kappa shape index (κ3) is 1.69. The maximum absolute atomic E-state index is 3.70. The Labute approximate surface area is 91.9 Å². The molecule has 1 nitrogen and oxygen atoms in total. The Morgan fingerprint density at radius 2 is 2.00 bits per heavy atom. The van der Waals surface area contributed by atoms with Crippen molar-refractivity contribution in [2.24, 2.45) is 0 Å². The highest BCUT2D eigenvalue weighted by Gasteiger charge is 2.29. The van der Waals surface area contributed by atoms with E-state index in [1.54, 1.807) is 11.1 Å². The van der Waals surface area contributed by atoms with Crippen LogP contribution >= 0.6 is 0 Å². The third-order valence-electron chi connectivity index (χ3n) is 4.01. The van der Waals surface area contributed by atoms with E-state index >= 15 is 0 Å². The van der Waals surface area contributed by atoms with Gasteiger partial charge in [0.1, 0.15) is 0 Å². The van der Waals surface area contributed by atoms with Gasteiger partial charge in [0.05, 0.1) is 0 Å². The SMILES string of the molecule is c1ccc2c(c1)CC[C@H]2[C@@H]1CCCCN1. The van der Waals surface area contributed by atoms with Gasteiger partial charge in [0.15, 0.2) is 0 Å². The van der Waals surface area contributed by atoms with E-state index in [-0.39, 0.29) is 0 Å². The summed E-state index contributed by atoms with van der Waals surface area (Å²) >= 11 is 0. The summed E-state index contributed by atoms with van der Waals surface area (Å²) < 4.78 is 0. The first-order valence-electron chi connectivity index (χ1n) is 6.26. The largest absolute Gasteiger partial charge is 0.313 e. The highest BCUT2D eigenvalue weighted by atomic mass is 14.9.